The quantitative estimate of drug-likeness (QED) is 0.158. The van der Waals surface area contributed by atoms with Crippen molar-refractivity contribution in [1.82, 2.24) is 0 Å². The van der Waals surface area contributed by atoms with Crippen LogP contribution in [0.5, 0.6) is 5.75 Å². The Morgan fingerprint density at radius 2 is 1.52 bits per heavy atom. The molecule has 33 heavy (non-hydrogen) atoms. The molecule has 0 heterocycles. The summed E-state index contributed by atoms with van der Waals surface area (Å²) < 4.78 is 25.2. The number of rotatable bonds is 15. The van der Waals surface area contributed by atoms with Crippen molar-refractivity contribution in [1.29, 1.82) is 0 Å². The van der Waals surface area contributed by atoms with Crippen molar-refractivity contribution in [2.24, 2.45) is 0 Å². The lowest BCUT2D eigenvalue weighted by molar-refractivity contribution is -0.149. The highest BCUT2D eigenvalue weighted by Crippen LogP contribution is 2.26. The molecule has 2 aromatic carbocycles. The molecule has 0 spiro atoms. The minimum absolute atomic E-state index is 0.0845. The Hall–Kier alpha value is -2.69. The fraction of sp³-hybridized carbons (Fsp3) is 0.500. The summed E-state index contributed by atoms with van der Waals surface area (Å²) in [7, 11) is 0. The molecule has 0 amide bonds. The molecule has 2 rings (SSSR count). The average Bonchev–Trinajstić information content (AvgIpc) is 2.80. The minimum Gasteiger partial charge on any atom is -0.487 e. The molecule has 180 valence electrons. The molecule has 1 unspecified atom stereocenters. The van der Waals surface area contributed by atoms with E-state index in [9.17, 15) is 14.0 Å². The summed E-state index contributed by atoms with van der Waals surface area (Å²) in [6.07, 6.45) is 8.12. The van der Waals surface area contributed by atoms with E-state index in [1.54, 1.807) is 19.1 Å². The molecule has 0 aliphatic rings. The van der Waals surface area contributed by atoms with Gasteiger partial charge < -0.3 is 9.47 Å². The highest BCUT2D eigenvalue weighted by atomic mass is 19.1. The lowest BCUT2D eigenvalue weighted by Gasteiger charge is -2.15. The first kappa shape index (κ1) is 26.6. The van der Waals surface area contributed by atoms with Crippen LogP contribution in [0, 0.1) is 5.82 Å². The third-order valence-electron chi connectivity index (χ3n) is 5.49. The lowest BCUT2D eigenvalue weighted by atomic mass is 9.99. The van der Waals surface area contributed by atoms with Gasteiger partial charge in [-0.2, -0.15) is 0 Å². The van der Waals surface area contributed by atoms with Gasteiger partial charge in [0, 0.05) is 18.4 Å². The van der Waals surface area contributed by atoms with Crippen LogP contribution < -0.4 is 4.74 Å². The first-order chi connectivity index (χ1) is 15.9. The third-order valence-corrected chi connectivity index (χ3v) is 5.49. The highest BCUT2D eigenvalue weighted by Gasteiger charge is 2.12. The molecule has 0 radical (unpaired) electrons. The molecule has 0 N–H and O–H groups in total. The predicted octanol–water partition coefficient (Wildman–Crippen LogP) is 7.54. The first-order valence-electron chi connectivity index (χ1n) is 12.2. The lowest BCUT2D eigenvalue weighted by Crippen LogP contribution is -2.22. The van der Waals surface area contributed by atoms with Crippen LogP contribution in [0.25, 0.3) is 11.1 Å². The van der Waals surface area contributed by atoms with Gasteiger partial charge in [0.15, 0.2) is 17.3 Å². The monoisotopic (exact) mass is 456 g/mol. The van der Waals surface area contributed by atoms with Gasteiger partial charge in [-0.05, 0) is 43.0 Å². The fourth-order valence-electron chi connectivity index (χ4n) is 3.58. The van der Waals surface area contributed by atoms with E-state index >= 15 is 0 Å². The maximum Gasteiger partial charge on any atom is 0.306 e. The van der Waals surface area contributed by atoms with Crippen molar-refractivity contribution in [2.45, 2.75) is 84.7 Å². The number of benzene rings is 2. The Labute approximate surface area is 197 Å². The van der Waals surface area contributed by atoms with Crippen molar-refractivity contribution in [3.8, 4) is 16.9 Å². The predicted molar refractivity (Wildman–Crippen MR) is 130 cm³/mol. The van der Waals surface area contributed by atoms with Crippen molar-refractivity contribution >= 4 is 11.8 Å². The number of unbranched alkanes of at least 4 members (excludes halogenated alkanes) is 5. The first-order valence-corrected chi connectivity index (χ1v) is 12.2. The van der Waals surface area contributed by atoms with Crippen LogP contribution in [0.1, 0.15) is 88.9 Å². The molecule has 0 saturated heterocycles. The van der Waals surface area contributed by atoms with E-state index in [1.165, 1.54) is 31.7 Å². The van der Waals surface area contributed by atoms with Gasteiger partial charge in [-0.1, -0.05) is 76.3 Å². The highest BCUT2D eigenvalue weighted by molar-refractivity contribution is 5.96. The molecule has 4 nitrogen and oxygen atoms in total. The Kier molecular flexibility index (Phi) is 11.6. The van der Waals surface area contributed by atoms with Crippen LogP contribution in [-0.4, -0.2) is 24.5 Å². The summed E-state index contributed by atoms with van der Waals surface area (Å²) >= 11 is 0. The van der Waals surface area contributed by atoms with Crippen molar-refractivity contribution in [2.75, 3.05) is 6.61 Å². The number of Topliss-reactive ketones (excluding diaryl/α,β-unsaturated/α-hetero) is 1. The second kappa shape index (κ2) is 14.5. The third kappa shape index (κ3) is 9.37. The molecule has 0 saturated carbocycles. The Bertz CT molecular complexity index is 876. The number of hydrogen-bond acceptors (Lipinski definition) is 4. The smallest absolute Gasteiger partial charge is 0.306 e. The van der Waals surface area contributed by atoms with E-state index in [2.05, 4.69) is 6.92 Å². The summed E-state index contributed by atoms with van der Waals surface area (Å²) in [5, 5.41) is 0. The van der Waals surface area contributed by atoms with Gasteiger partial charge in [0.1, 0.15) is 12.7 Å². The molecule has 0 fully saturated rings. The van der Waals surface area contributed by atoms with E-state index < -0.39 is 11.9 Å². The van der Waals surface area contributed by atoms with Crippen LogP contribution in [0.2, 0.25) is 0 Å². The van der Waals surface area contributed by atoms with Crippen LogP contribution in [-0.2, 0) is 9.53 Å². The maximum absolute atomic E-state index is 14.5. The molecular formula is C28H37FO4. The van der Waals surface area contributed by atoms with E-state index in [1.807, 2.05) is 31.2 Å². The normalized spacial score (nSPS) is 11.8. The zero-order valence-electron chi connectivity index (χ0n) is 20.2. The topological polar surface area (TPSA) is 52.6 Å². The molecule has 0 aliphatic heterocycles. The van der Waals surface area contributed by atoms with Crippen LogP contribution in [0.3, 0.4) is 0 Å². The molecular weight excluding hydrogens is 419 g/mol. The van der Waals surface area contributed by atoms with E-state index in [0.29, 0.717) is 24.0 Å². The van der Waals surface area contributed by atoms with Gasteiger partial charge in [0.2, 0.25) is 0 Å². The van der Waals surface area contributed by atoms with Crippen LogP contribution in [0.4, 0.5) is 4.39 Å². The largest absolute Gasteiger partial charge is 0.487 e. The summed E-state index contributed by atoms with van der Waals surface area (Å²) in [6.45, 7) is 5.90. The number of hydrogen-bond donors (Lipinski definition) is 0. The Morgan fingerprint density at radius 3 is 2.18 bits per heavy atom. The zero-order chi connectivity index (χ0) is 24.1. The SMILES string of the molecule is CCCCCCCCC(=O)c1ccc(-c2ccc(OCC(C)OC(=O)CCC)c(F)c2)cc1. The fourth-order valence-corrected chi connectivity index (χ4v) is 3.58. The Balaban J connectivity index is 1.87. The van der Waals surface area contributed by atoms with Crippen LogP contribution >= 0.6 is 0 Å². The van der Waals surface area contributed by atoms with Gasteiger partial charge >= 0.3 is 5.97 Å². The van der Waals surface area contributed by atoms with E-state index in [4.69, 9.17) is 9.47 Å². The average molecular weight is 457 g/mol. The number of halogens is 1. The van der Waals surface area contributed by atoms with E-state index in [0.717, 1.165) is 24.8 Å². The van der Waals surface area contributed by atoms with Crippen molar-refractivity contribution in [3.63, 3.8) is 0 Å². The number of carbonyl (C=O) groups is 2. The van der Waals surface area contributed by atoms with Gasteiger partial charge in [-0.25, -0.2) is 4.39 Å². The van der Waals surface area contributed by atoms with Gasteiger partial charge in [0.25, 0.3) is 0 Å². The standard InChI is InChI=1S/C28H37FO4/c1-4-6-7-8-9-10-12-26(30)23-15-13-22(14-16-23)24-17-18-27(25(29)19-24)32-20-21(3)33-28(31)11-5-2/h13-19,21H,4-12,20H2,1-3H3. The van der Waals surface area contributed by atoms with Crippen molar-refractivity contribution < 1.29 is 23.5 Å². The Morgan fingerprint density at radius 1 is 0.848 bits per heavy atom. The summed E-state index contributed by atoms with van der Waals surface area (Å²) in [4.78, 5) is 23.9. The molecule has 0 bridgehead atoms. The zero-order valence-corrected chi connectivity index (χ0v) is 20.2. The molecule has 0 aliphatic carbocycles. The minimum atomic E-state index is -0.484. The maximum atomic E-state index is 14.5. The molecule has 1 atom stereocenters. The second-order valence-electron chi connectivity index (χ2n) is 8.52. The summed E-state index contributed by atoms with van der Waals surface area (Å²) in [5.41, 5.74) is 2.23. The molecule has 0 aromatic heterocycles. The van der Waals surface area contributed by atoms with Gasteiger partial charge in [-0.15, -0.1) is 0 Å². The van der Waals surface area contributed by atoms with Gasteiger partial charge in [-0.3, -0.25) is 9.59 Å². The van der Waals surface area contributed by atoms with Crippen molar-refractivity contribution in [3.05, 3.63) is 53.8 Å². The van der Waals surface area contributed by atoms with E-state index in [-0.39, 0.29) is 24.1 Å². The van der Waals surface area contributed by atoms with Gasteiger partial charge in [0.05, 0.1) is 0 Å². The summed E-state index contributed by atoms with van der Waals surface area (Å²) in [5.74, 6) is -0.496. The van der Waals surface area contributed by atoms with Crippen LogP contribution in [0.15, 0.2) is 42.5 Å². The number of ether oxygens (including phenoxy) is 2. The number of ketones is 1. The molecule has 2 aromatic rings. The summed E-state index contributed by atoms with van der Waals surface area (Å²) in [6, 6.07) is 12.1. The second-order valence-corrected chi connectivity index (χ2v) is 8.52. The number of esters is 1. The molecule has 5 heteroatoms. The number of carbonyl (C=O) groups excluding carboxylic acids is 2.